The van der Waals surface area contributed by atoms with Crippen molar-refractivity contribution in [3.8, 4) is 0 Å². The first-order valence-electron chi connectivity index (χ1n) is 6.64. The minimum atomic E-state index is -1.10. The Kier molecular flexibility index (Phi) is 6.98. The zero-order chi connectivity index (χ0) is 15.8. The number of carboxylic acids is 1. The van der Waals surface area contributed by atoms with Crippen molar-refractivity contribution in [3.05, 3.63) is 29.3 Å². The molecule has 7 heteroatoms. The molecule has 0 radical (unpaired) electrons. The highest BCUT2D eigenvalue weighted by atomic mass is 35.5. The molecule has 21 heavy (non-hydrogen) atoms. The molecule has 0 aliphatic rings. The fourth-order valence-electron chi connectivity index (χ4n) is 1.85. The lowest BCUT2D eigenvalue weighted by Crippen LogP contribution is -2.46. The van der Waals surface area contributed by atoms with Gasteiger partial charge in [0.1, 0.15) is 6.54 Å². The van der Waals surface area contributed by atoms with Gasteiger partial charge in [0.05, 0.1) is 0 Å². The molecule has 1 aromatic carbocycles. The van der Waals surface area contributed by atoms with E-state index in [4.69, 9.17) is 21.8 Å². The maximum atomic E-state index is 12.5. The predicted octanol–water partition coefficient (Wildman–Crippen LogP) is 2.06. The van der Waals surface area contributed by atoms with Gasteiger partial charge in [0.15, 0.2) is 0 Å². The van der Waals surface area contributed by atoms with Crippen LogP contribution < -0.4 is 4.90 Å². The van der Waals surface area contributed by atoms with Gasteiger partial charge in [-0.3, -0.25) is 9.69 Å². The molecule has 6 nitrogen and oxygen atoms in total. The average molecular weight is 315 g/mol. The van der Waals surface area contributed by atoms with Gasteiger partial charge in [0, 0.05) is 30.4 Å². The van der Waals surface area contributed by atoms with Crippen LogP contribution in [0.25, 0.3) is 0 Å². The number of rotatable bonds is 7. The molecule has 0 aliphatic heterocycles. The smallest absolute Gasteiger partial charge is 0.325 e. The highest BCUT2D eigenvalue weighted by Gasteiger charge is 2.23. The van der Waals surface area contributed by atoms with Crippen LogP contribution >= 0.6 is 11.6 Å². The number of aliphatic carboxylic acids is 1. The number of urea groups is 1. The highest BCUT2D eigenvalue weighted by Crippen LogP contribution is 2.19. The lowest BCUT2D eigenvalue weighted by atomic mass is 10.3. The molecule has 0 fully saturated rings. The van der Waals surface area contributed by atoms with E-state index in [-0.39, 0.29) is 6.61 Å². The third-order valence-electron chi connectivity index (χ3n) is 2.90. The summed E-state index contributed by atoms with van der Waals surface area (Å²) in [6, 6.07) is 5.99. The second-order valence-corrected chi connectivity index (χ2v) is 4.83. The molecule has 2 N–H and O–H groups in total. The number of hydrogen-bond donors (Lipinski definition) is 2. The van der Waals surface area contributed by atoms with Gasteiger partial charge in [0.2, 0.25) is 0 Å². The molecule has 0 heterocycles. The number of anilines is 1. The van der Waals surface area contributed by atoms with Crippen LogP contribution in [0.5, 0.6) is 0 Å². The van der Waals surface area contributed by atoms with E-state index in [0.717, 1.165) is 0 Å². The Morgan fingerprint density at radius 3 is 2.33 bits per heavy atom. The van der Waals surface area contributed by atoms with Crippen molar-refractivity contribution in [3.63, 3.8) is 0 Å². The molecule has 1 aromatic rings. The van der Waals surface area contributed by atoms with Crippen LogP contribution in [0.3, 0.4) is 0 Å². The number of aliphatic hydroxyl groups excluding tert-OH is 1. The Morgan fingerprint density at radius 1 is 1.24 bits per heavy atom. The number of nitrogens with zero attached hydrogens (tertiary/aromatic N) is 2. The Bertz CT molecular complexity index is 478. The summed E-state index contributed by atoms with van der Waals surface area (Å²) in [6.07, 6.45) is 0.446. The summed E-state index contributed by atoms with van der Waals surface area (Å²) in [7, 11) is 0. The summed E-state index contributed by atoms with van der Waals surface area (Å²) < 4.78 is 0. The van der Waals surface area contributed by atoms with Crippen LogP contribution in [-0.4, -0.2) is 53.4 Å². The van der Waals surface area contributed by atoms with Gasteiger partial charge in [-0.1, -0.05) is 11.6 Å². The molecule has 0 unspecified atom stereocenters. The molecule has 0 aliphatic carbocycles. The van der Waals surface area contributed by atoms with Gasteiger partial charge in [-0.15, -0.1) is 0 Å². The number of halogens is 1. The monoisotopic (exact) mass is 314 g/mol. The number of aliphatic hydroxyl groups is 1. The molecule has 0 saturated carbocycles. The normalized spacial score (nSPS) is 10.2. The molecule has 116 valence electrons. The first-order chi connectivity index (χ1) is 9.99. The second-order valence-electron chi connectivity index (χ2n) is 4.40. The standard InChI is InChI=1S/C14H19ClN2O4/c1-2-16(8-3-9-18)14(21)17(10-13(19)20)12-6-4-11(15)5-7-12/h4-7,18H,2-3,8-10H2,1H3,(H,19,20). The third kappa shape index (κ3) is 5.24. The molecule has 0 spiro atoms. The molecule has 2 amide bonds. The summed E-state index contributed by atoms with van der Waals surface area (Å²) in [6.45, 7) is 2.15. The maximum absolute atomic E-state index is 12.5. The minimum Gasteiger partial charge on any atom is -0.480 e. The van der Waals surface area contributed by atoms with Crippen molar-refractivity contribution in [1.82, 2.24) is 4.90 Å². The SMILES string of the molecule is CCN(CCCO)C(=O)N(CC(=O)O)c1ccc(Cl)cc1. The number of hydrogen-bond acceptors (Lipinski definition) is 3. The topological polar surface area (TPSA) is 81.1 Å². The van der Waals surface area contributed by atoms with Crippen LogP contribution in [-0.2, 0) is 4.79 Å². The lowest BCUT2D eigenvalue weighted by Gasteiger charge is -2.29. The quantitative estimate of drug-likeness (QED) is 0.807. The minimum absolute atomic E-state index is 0.0242. The Morgan fingerprint density at radius 2 is 1.86 bits per heavy atom. The van der Waals surface area contributed by atoms with Crippen LogP contribution in [0, 0.1) is 0 Å². The number of carbonyl (C=O) groups is 2. The summed E-state index contributed by atoms with van der Waals surface area (Å²) >= 11 is 5.80. The highest BCUT2D eigenvalue weighted by molar-refractivity contribution is 6.30. The molecular formula is C14H19ClN2O4. The molecule has 0 aromatic heterocycles. The van der Waals surface area contributed by atoms with Crippen LogP contribution in [0.1, 0.15) is 13.3 Å². The molecular weight excluding hydrogens is 296 g/mol. The number of carboxylic acid groups (broad SMARTS) is 1. The van der Waals surface area contributed by atoms with E-state index in [9.17, 15) is 9.59 Å². The predicted molar refractivity (Wildman–Crippen MR) is 80.8 cm³/mol. The summed E-state index contributed by atoms with van der Waals surface area (Å²) in [5, 5.41) is 18.4. The van der Waals surface area contributed by atoms with Crippen molar-refractivity contribution in [1.29, 1.82) is 0 Å². The number of amides is 2. The number of carbonyl (C=O) groups excluding carboxylic acids is 1. The fraction of sp³-hybridized carbons (Fsp3) is 0.429. The second kappa shape index (κ2) is 8.49. The average Bonchev–Trinajstić information content (AvgIpc) is 2.46. The van der Waals surface area contributed by atoms with E-state index in [1.54, 1.807) is 31.2 Å². The summed E-state index contributed by atoms with van der Waals surface area (Å²) in [5.41, 5.74) is 0.467. The fourth-order valence-corrected chi connectivity index (χ4v) is 1.97. The van der Waals surface area contributed by atoms with Crippen LogP contribution in [0.2, 0.25) is 5.02 Å². The Hall–Kier alpha value is -1.79. The van der Waals surface area contributed by atoms with E-state index >= 15 is 0 Å². The van der Waals surface area contributed by atoms with Gasteiger partial charge in [-0.05, 0) is 37.6 Å². The first-order valence-corrected chi connectivity index (χ1v) is 7.02. The van der Waals surface area contributed by atoms with E-state index in [2.05, 4.69) is 0 Å². The van der Waals surface area contributed by atoms with Gasteiger partial charge < -0.3 is 15.1 Å². The Balaban J connectivity index is 2.97. The largest absolute Gasteiger partial charge is 0.480 e. The van der Waals surface area contributed by atoms with Crippen LogP contribution in [0.4, 0.5) is 10.5 Å². The Labute approximate surface area is 128 Å². The maximum Gasteiger partial charge on any atom is 0.325 e. The number of benzene rings is 1. The van der Waals surface area contributed by atoms with Crippen molar-refractivity contribution < 1.29 is 19.8 Å². The lowest BCUT2D eigenvalue weighted by molar-refractivity contribution is -0.135. The molecule has 0 saturated heterocycles. The van der Waals surface area contributed by atoms with Gasteiger partial charge >= 0.3 is 12.0 Å². The molecule has 1 rings (SSSR count). The van der Waals surface area contributed by atoms with Crippen molar-refractivity contribution in [2.75, 3.05) is 31.1 Å². The van der Waals surface area contributed by atoms with Gasteiger partial charge in [0.25, 0.3) is 0 Å². The summed E-state index contributed by atoms with van der Waals surface area (Å²) in [4.78, 5) is 26.1. The van der Waals surface area contributed by atoms with Gasteiger partial charge in [-0.2, -0.15) is 0 Å². The summed E-state index contributed by atoms with van der Waals surface area (Å²) in [5.74, 6) is -1.10. The van der Waals surface area contributed by atoms with E-state index in [0.29, 0.717) is 30.2 Å². The van der Waals surface area contributed by atoms with Gasteiger partial charge in [-0.25, -0.2) is 4.79 Å². The van der Waals surface area contributed by atoms with Crippen LogP contribution in [0.15, 0.2) is 24.3 Å². The third-order valence-corrected chi connectivity index (χ3v) is 3.15. The van der Waals surface area contributed by atoms with Crippen molar-refractivity contribution in [2.24, 2.45) is 0 Å². The van der Waals surface area contributed by atoms with Crippen molar-refractivity contribution in [2.45, 2.75) is 13.3 Å². The molecule has 0 atom stereocenters. The van der Waals surface area contributed by atoms with E-state index in [1.165, 1.54) is 9.80 Å². The van der Waals surface area contributed by atoms with E-state index < -0.39 is 18.5 Å². The van der Waals surface area contributed by atoms with E-state index in [1.807, 2.05) is 0 Å². The van der Waals surface area contributed by atoms with Crippen molar-refractivity contribution >= 4 is 29.3 Å². The zero-order valence-corrected chi connectivity index (χ0v) is 12.6. The zero-order valence-electron chi connectivity index (χ0n) is 11.8. The molecule has 0 bridgehead atoms. The first kappa shape index (κ1) is 17.3.